The number of fused-ring (bicyclic) bond motifs is 2. The number of nitrogens with one attached hydrogen (secondary N) is 3. The van der Waals surface area contributed by atoms with Crippen molar-refractivity contribution in [3.63, 3.8) is 0 Å². The van der Waals surface area contributed by atoms with Gasteiger partial charge in [0.1, 0.15) is 34.6 Å². The minimum atomic E-state index is -1.03. The Balaban J connectivity index is 0.834. The number of likely N-dealkylation sites (tertiary alicyclic amines) is 1. The molecule has 0 saturated carbocycles. The minimum absolute atomic E-state index is 0.0508. The van der Waals surface area contributed by atoms with Gasteiger partial charge in [0.25, 0.3) is 17.7 Å². The van der Waals surface area contributed by atoms with Crippen LogP contribution >= 0.6 is 0 Å². The maximum Gasteiger partial charge on any atom is 0.264 e. The largest absolute Gasteiger partial charge is 0.457 e. The van der Waals surface area contributed by atoms with Gasteiger partial charge in [0.2, 0.25) is 17.7 Å². The smallest absolute Gasteiger partial charge is 0.264 e. The molecule has 4 aliphatic rings. The number of carbonyl (C=O) groups excluding carboxylic acids is 6. The highest BCUT2D eigenvalue weighted by molar-refractivity contribution is 6.25. The van der Waals surface area contributed by atoms with Crippen LogP contribution in [0.1, 0.15) is 88.5 Å². The van der Waals surface area contributed by atoms with Crippen LogP contribution in [0.15, 0.2) is 72.8 Å². The van der Waals surface area contributed by atoms with Crippen LogP contribution in [0.5, 0.6) is 11.5 Å². The van der Waals surface area contributed by atoms with Crippen molar-refractivity contribution in [2.45, 2.75) is 63.5 Å². The third kappa shape index (κ3) is 7.44. The van der Waals surface area contributed by atoms with Crippen LogP contribution < -0.4 is 26.4 Å². The Hall–Kier alpha value is -6.51. The molecule has 4 aliphatic heterocycles. The van der Waals surface area contributed by atoms with Gasteiger partial charge < -0.3 is 26.0 Å². The van der Waals surface area contributed by atoms with E-state index >= 15 is 0 Å². The van der Waals surface area contributed by atoms with Gasteiger partial charge in [-0.1, -0.05) is 24.3 Å². The molecule has 2 atom stereocenters. The number of carbonyl (C=O) groups is 6. The number of rotatable bonds is 12. The number of nitrogens with two attached hydrogens (primary N) is 1. The van der Waals surface area contributed by atoms with Crippen molar-refractivity contribution in [1.29, 1.82) is 0 Å². The number of benzene rings is 3. The second kappa shape index (κ2) is 15.9. The molecule has 0 radical (unpaired) electrons. The number of amides is 6. The van der Waals surface area contributed by atoms with Gasteiger partial charge in [-0.3, -0.25) is 39.0 Å². The summed E-state index contributed by atoms with van der Waals surface area (Å²) in [5.74, 6) is -0.351. The highest BCUT2D eigenvalue weighted by Crippen LogP contribution is 2.40. The van der Waals surface area contributed by atoms with Crippen LogP contribution in [0.3, 0.4) is 0 Å². The zero-order valence-corrected chi connectivity index (χ0v) is 31.4. The highest BCUT2D eigenvalue weighted by atomic mass is 16.5. The maximum atomic E-state index is 13.4. The fourth-order valence-corrected chi connectivity index (χ4v) is 8.46. The lowest BCUT2D eigenvalue weighted by atomic mass is 9.86. The number of nitrogens with zero attached hydrogens (tertiary/aromatic N) is 4. The predicted molar refractivity (Wildman–Crippen MR) is 210 cm³/mol. The van der Waals surface area contributed by atoms with Gasteiger partial charge in [0.05, 0.1) is 17.2 Å². The summed E-state index contributed by atoms with van der Waals surface area (Å²) in [4.78, 5) is 79.5. The number of aromatic nitrogens is 2. The van der Waals surface area contributed by atoms with Crippen LogP contribution in [-0.4, -0.2) is 87.2 Å². The summed E-state index contributed by atoms with van der Waals surface area (Å²) in [6.07, 6.45) is 4.29. The number of hydrogen-bond acceptors (Lipinski definition) is 10. The fraction of sp³-hybridized carbons (Fsp3) is 0.357. The van der Waals surface area contributed by atoms with Crippen LogP contribution in [0, 0.1) is 5.92 Å². The standard InChI is InChI=1S/C42H44N8O7/c43-38(53)36-37(26-12-14-28(15-13-26)57-27-7-2-1-3-8-27)47-50-31(18-22-45-39(36)50)25-19-23-48(24-20-25)34(52)11-4-5-21-44-30-10-6-9-29-35(30)42(56)49(41(29)55)32-16-17-33(51)46-40(32)54/h1-3,6-10,12-15,25,31-32,44-45H,4-5,11,16-24H2,(H2,43,53)(H,46,51,54)/t31-,32?/m0/s1. The van der Waals surface area contributed by atoms with Gasteiger partial charge in [0, 0.05) is 50.3 Å². The van der Waals surface area contributed by atoms with Crippen LogP contribution in [0.4, 0.5) is 11.5 Å². The molecule has 6 amide bonds. The lowest BCUT2D eigenvalue weighted by Gasteiger charge is -2.38. The molecule has 294 valence electrons. The Morgan fingerprint density at radius 2 is 1.61 bits per heavy atom. The second-order valence-electron chi connectivity index (χ2n) is 14.9. The number of hydrogen-bond donors (Lipinski definition) is 4. The van der Waals surface area contributed by atoms with Crippen molar-refractivity contribution in [2.24, 2.45) is 11.7 Å². The molecule has 0 bridgehead atoms. The predicted octanol–water partition coefficient (Wildman–Crippen LogP) is 4.72. The molecule has 2 fully saturated rings. The third-order valence-electron chi connectivity index (χ3n) is 11.3. The van der Waals surface area contributed by atoms with E-state index in [0.717, 1.165) is 35.5 Å². The van der Waals surface area contributed by atoms with E-state index in [0.29, 0.717) is 74.0 Å². The van der Waals surface area contributed by atoms with Gasteiger partial charge in [-0.2, -0.15) is 5.10 Å². The van der Waals surface area contributed by atoms with Gasteiger partial charge >= 0.3 is 0 Å². The molecule has 1 unspecified atom stereocenters. The Morgan fingerprint density at radius 1 is 0.860 bits per heavy atom. The van der Waals surface area contributed by atoms with E-state index in [-0.39, 0.29) is 41.8 Å². The molecular formula is C42H44N8O7. The number of primary amides is 1. The first-order valence-corrected chi connectivity index (χ1v) is 19.5. The Bertz CT molecular complexity index is 2230. The molecule has 2 saturated heterocycles. The molecule has 4 aromatic rings. The summed E-state index contributed by atoms with van der Waals surface area (Å²) in [5.41, 5.74) is 8.51. The summed E-state index contributed by atoms with van der Waals surface area (Å²) in [5, 5.41) is 13.8. The van der Waals surface area contributed by atoms with Gasteiger partial charge in [-0.25, -0.2) is 4.68 Å². The lowest BCUT2D eigenvalue weighted by Crippen LogP contribution is -2.54. The first-order valence-electron chi connectivity index (χ1n) is 19.5. The molecular weight excluding hydrogens is 729 g/mol. The molecule has 1 aromatic heterocycles. The number of imide groups is 2. The van der Waals surface area contributed by atoms with Crippen molar-refractivity contribution < 1.29 is 33.5 Å². The van der Waals surface area contributed by atoms with E-state index in [9.17, 15) is 28.8 Å². The topological polar surface area (TPSA) is 198 Å². The van der Waals surface area contributed by atoms with E-state index < -0.39 is 35.6 Å². The molecule has 5 N–H and O–H groups in total. The third-order valence-corrected chi connectivity index (χ3v) is 11.3. The number of anilines is 2. The van der Waals surface area contributed by atoms with E-state index in [1.807, 2.05) is 64.2 Å². The first-order chi connectivity index (χ1) is 27.7. The number of para-hydroxylation sites is 1. The summed E-state index contributed by atoms with van der Waals surface area (Å²) in [6, 6.07) is 20.9. The zero-order valence-electron chi connectivity index (χ0n) is 31.4. The van der Waals surface area contributed by atoms with E-state index in [1.54, 1.807) is 18.2 Å². The van der Waals surface area contributed by atoms with E-state index in [1.165, 1.54) is 0 Å². The van der Waals surface area contributed by atoms with Crippen LogP contribution in [0.2, 0.25) is 0 Å². The molecule has 57 heavy (non-hydrogen) atoms. The number of piperidine rings is 2. The molecule has 0 aliphatic carbocycles. The molecule has 8 rings (SSSR count). The van der Waals surface area contributed by atoms with Crippen molar-refractivity contribution in [3.8, 4) is 22.8 Å². The number of ether oxygens (including phenoxy) is 1. The lowest BCUT2D eigenvalue weighted by molar-refractivity contribution is -0.136. The molecule has 3 aromatic carbocycles. The summed E-state index contributed by atoms with van der Waals surface area (Å²) in [6.45, 7) is 2.43. The Kier molecular flexibility index (Phi) is 10.5. The maximum absolute atomic E-state index is 13.4. The van der Waals surface area contributed by atoms with Gasteiger partial charge in [0.15, 0.2) is 0 Å². The van der Waals surface area contributed by atoms with E-state index in [2.05, 4.69) is 16.0 Å². The van der Waals surface area contributed by atoms with Crippen LogP contribution in [0.25, 0.3) is 11.3 Å². The Morgan fingerprint density at radius 3 is 2.35 bits per heavy atom. The zero-order chi connectivity index (χ0) is 39.6. The van der Waals surface area contributed by atoms with Crippen molar-refractivity contribution in [1.82, 2.24) is 24.9 Å². The molecule has 0 spiro atoms. The fourth-order valence-electron chi connectivity index (χ4n) is 8.46. The average molecular weight is 773 g/mol. The van der Waals surface area contributed by atoms with Crippen LogP contribution in [-0.2, 0) is 14.4 Å². The van der Waals surface area contributed by atoms with Gasteiger partial charge in [-0.15, -0.1) is 0 Å². The van der Waals surface area contributed by atoms with Crippen molar-refractivity contribution in [2.75, 3.05) is 36.8 Å². The second-order valence-corrected chi connectivity index (χ2v) is 14.9. The van der Waals surface area contributed by atoms with E-state index in [4.69, 9.17) is 15.6 Å². The molecule has 15 heteroatoms. The quantitative estimate of drug-likeness (QED) is 0.116. The SMILES string of the molecule is NC(=O)c1c(-c2ccc(Oc3ccccc3)cc2)nn2c1NCC[C@H]2C1CCN(C(=O)CCCCNc2cccc3c2C(=O)N(C2CCC(=O)NC2=O)C3=O)CC1. The normalized spacial score (nSPS) is 19.4. The number of unbranched alkanes of at least 4 members (excludes halogenated alkanes) is 1. The summed E-state index contributed by atoms with van der Waals surface area (Å²) < 4.78 is 7.88. The highest BCUT2D eigenvalue weighted by Gasteiger charge is 2.45. The van der Waals surface area contributed by atoms with Crippen molar-refractivity contribution >= 4 is 46.9 Å². The molecule has 15 nitrogen and oxygen atoms in total. The Labute approximate surface area is 328 Å². The molecule has 5 heterocycles. The average Bonchev–Trinajstić information content (AvgIpc) is 3.74. The monoisotopic (exact) mass is 772 g/mol. The summed E-state index contributed by atoms with van der Waals surface area (Å²) in [7, 11) is 0. The summed E-state index contributed by atoms with van der Waals surface area (Å²) >= 11 is 0. The first kappa shape index (κ1) is 37.4. The van der Waals surface area contributed by atoms with Crippen molar-refractivity contribution in [3.05, 3.63) is 89.5 Å². The minimum Gasteiger partial charge on any atom is -0.457 e. The van der Waals surface area contributed by atoms with Gasteiger partial charge in [-0.05, 0) is 93.0 Å².